The van der Waals surface area contributed by atoms with Crippen LogP contribution in [0, 0.1) is 0 Å². The minimum Gasteiger partial charge on any atom is -0.497 e. The number of methoxy groups -OCH3 is 1. The van der Waals surface area contributed by atoms with Gasteiger partial charge in [0.2, 0.25) is 11.8 Å². The van der Waals surface area contributed by atoms with Gasteiger partial charge in [0.25, 0.3) is 0 Å². The molecule has 4 rings (SSSR count). The summed E-state index contributed by atoms with van der Waals surface area (Å²) in [4.78, 5) is 28.6. The van der Waals surface area contributed by atoms with Crippen molar-refractivity contribution in [3.8, 4) is 11.5 Å². The van der Waals surface area contributed by atoms with Crippen LogP contribution in [0.4, 0.5) is 5.69 Å². The van der Waals surface area contributed by atoms with Crippen LogP contribution in [0.2, 0.25) is 0 Å². The Morgan fingerprint density at radius 3 is 2.70 bits per heavy atom. The van der Waals surface area contributed by atoms with Crippen LogP contribution in [0.3, 0.4) is 0 Å². The van der Waals surface area contributed by atoms with Crippen molar-refractivity contribution >= 4 is 28.3 Å². The lowest BCUT2D eigenvalue weighted by atomic mass is 10.1. The molecule has 3 aromatic carbocycles. The van der Waals surface area contributed by atoms with Crippen molar-refractivity contribution in [2.75, 3.05) is 32.2 Å². The van der Waals surface area contributed by atoms with Crippen molar-refractivity contribution in [2.45, 2.75) is 13.0 Å². The summed E-state index contributed by atoms with van der Waals surface area (Å²) in [6, 6.07) is 19.3. The Labute approximate surface area is 175 Å². The summed E-state index contributed by atoms with van der Waals surface area (Å²) in [6.07, 6.45) is 0.250. The highest BCUT2D eigenvalue weighted by Crippen LogP contribution is 2.31. The van der Waals surface area contributed by atoms with Crippen LogP contribution < -0.4 is 14.4 Å². The van der Waals surface area contributed by atoms with Crippen molar-refractivity contribution in [1.82, 2.24) is 4.90 Å². The Kier molecular flexibility index (Phi) is 5.57. The maximum Gasteiger partial charge on any atom is 0.242 e. The molecule has 0 radical (unpaired) electrons. The first-order valence-electron chi connectivity index (χ1n) is 9.88. The monoisotopic (exact) mass is 404 g/mol. The van der Waals surface area contributed by atoms with E-state index in [1.165, 1.54) is 4.90 Å². The molecule has 154 valence electrons. The van der Waals surface area contributed by atoms with E-state index in [0.29, 0.717) is 24.6 Å². The summed E-state index contributed by atoms with van der Waals surface area (Å²) in [5.74, 6) is 1.20. The van der Waals surface area contributed by atoms with Gasteiger partial charge < -0.3 is 14.4 Å². The van der Waals surface area contributed by atoms with Gasteiger partial charge >= 0.3 is 0 Å². The van der Waals surface area contributed by atoms with Crippen molar-refractivity contribution in [2.24, 2.45) is 0 Å². The van der Waals surface area contributed by atoms with Gasteiger partial charge in [-0.2, -0.15) is 0 Å². The predicted molar refractivity (Wildman–Crippen MR) is 116 cm³/mol. The minimum atomic E-state index is -0.130. The Morgan fingerprint density at radius 1 is 1.10 bits per heavy atom. The summed E-state index contributed by atoms with van der Waals surface area (Å²) in [7, 11) is 3.40. The molecule has 2 amide bonds. The smallest absolute Gasteiger partial charge is 0.242 e. The molecular weight excluding hydrogens is 380 g/mol. The molecule has 0 aromatic heterocycles. The zero-order valence-electron chi connectivity index (χ0n) is 17.1. The topological polar surface area (TPSA) is 59.1 Å². The van der Waals surface area contributed by atoms with Gasteiger partial charge in [0.05, 0.1) is 25.8 Å². The molecule has 1 aliphatic rings. The number of fused-ring (bicyclic) bond motifs is 2. The van der Waals surface area contributed by atoms with Gasteiger partial charge in [-0.15, -0.1) is 0 Å². The molecule has 1 heterocycles. The average Bonchev–Trinajstić information content (AvgIpc) is 2.92. The van der Waals surface area contributed by atoms with Gasteiger partial charge in [-0.05, 0) is 46.7 Å². The highest BCUT2D eigenvalue weighted by atomic mass is 16.5. The third kappa shape index (κ3) is 4.08. The van der Waals surface area contributed by atoms with E-state index >= 15 is 0 Å². The zero-order valence-corrected chi connectivity index (χ0v) is 17.1. The second kappa shape index (κ2) is 8.45. The Morgan fingerprint density at radius 2 is 1.87 bits per heavy atom. The van der Waals surface area contributed by atoms with Gasteiger partial charge in [0.15, 0.2) is 0 Å². The SMILES string of the molecule is COc1ccc2cc(CN(C)C(=O)CN3C(=O)CCOc4ccccc43)ccc2c1. The number of rotatable bonds is 5. The fraction of sp³-hybridized carbons (Fsp3) is 0.250. The number of hydrogen-bond donors (Lipinski definition) is 0. The van der Waals surface area contributed by atoms with Crippen molar-refractivity contribution < 1.29 is 19.1 Å². The third-order valence-corrected chi connectivity index (χ3v) is 5.28. The Balaban J connectivity index is 1.48. The Hall–Kier alpha value is -3.54. The van der Waals surface area contributed by atoms with Crippen molar-refractivity contribution in [3.05, 3.63) is 66.2 Å². The minimum absolute atomic E-state index is 0.0134. The number of amides is 2. The van der Waals surface area contributed by atoms with Gasteiger partial charge in [-0.1, -0.05) is 30.3 Å². The number of hydrogen-bond acceptors (Lipinski definition) is 4. The molecule has 0 fully saturated rings. The van der Waals surface area contributed by atoms with Crippen LogP contribution in [-0.2, 0) is 16.1 Å². The van der Waals surface area contributed by atoms with E-state index in [1.807, 2.05) is 54.6 Å². The standard InChI is InChI=1S/C24H24N2O4/c1-25(15-17-7-8-19-14-20(29-2)10-9-18(19)13-17)24(28)16-26-21-5-3-4-6-22(21)30-12-11-23(26)27/h3-10,13-14H,11-12,15-16H2,1-2H3. The molecule has 1 aliphatic heterocycles. The lowest BCUT2D eigenvalue weighted by molar-refractivity contribution is -0.130. The molecule has 6 heteroatoms. The first-order valence-corrected chi connectivity index (χ1v) is 9.88. The highest BCUT2D eigenvalue weighted by molar-refractivity contribution is 6.00. The summed E-state index contributed by atoms with van der Waals surface area (Å²) in [5, 5.41) is 2.17. The largest absolute Gasteiger partial charge is 0.497 e. The van der Waals surface area contributed by atoms with Crippen molar-refractivity contribution in [3.63, 3.8) is 0 Å². The molecule has 0 atom stereocenters. The number of nitrogens with zero attached hydrogens (tertiary/aromatic N) is 2. The van der Waals surface area contributed by atoms with Crippen LogP contribution in [0.1, 0.15) is 12.0 Å². The molecule has 0 unspecified atom stereocenters. The quantitative estimate of drug-likeness (QED) is 0.652. The van der Waals surface area contributed by atoms with Gasteiger partial charge in [0, 0.05) is 13.6 Å². The maximum atomic E-state index is 12.9. The van der Waals surface area contributed by atoms with E-state index in [-0.39, 0.29) is 24.8 Å². The molecule has 0 N–H and O–H groups in total. The maximum absolute atomic E-state index is 12.9. The molecule has 0 aliphatic carbocycles. The van der Waals surface area contributed by atoms with Crippen LogP contribution >= 0.6 is 0 Å². The zero-order chi connectivity index (χ0) is 21.1. The molecule has 0 saturated heterocycles. The summed E-state index contributed by atoms with van der Waals surface area (Å²) in [5.41, 5.74) is 1.66. The molecule has 3 aromatic rings. The lowest BCUT2D eigenvalue weighted by Gasteiger charge is -2.25. The highest BCUT2D eigenvalue weighted by Gasteiger charge is 2.26. The van der Waals surface area contributed by atoms with E-state index in [1.54, 1.807) is 19.1 Å². The number of ether oxygens (including phenoxy) is 2. The fourth-order valence-corrected chi connectivity index (χ4v) is 3.61. The molecule has 6 nitrogen and oxygen atoms in total. The first-order chi connectivity index (χ1) is 14.5. The van der Waals surface area contributed by atoms with Gasteiger partial charge in [0.1, 0.15) is 18.0 Å². The molecule has 0 bridgehead atoms. The fourth-order valence-electron chi connectivity index (χ4n) is 3.61. The van der Waals surface area contributed by atoms with Gasteiger partial charge in [-0.25, -0.2) is 0 Å². The summed E-state index contributed by atoms with van der Waals surface area (Å²) in [6.45, 7) is 0.764. The van der Waals surface area contributed by atoms with E-state index in [9.17, 15) is 9.59 Å². The van der Waals surface area contributed by atoms with Crippen molar-refractivity contribution in [1.29, 1.82) is 0 Å². The molecule has 0 spiro atoms. The summed E-state index contributed by atoms with van der Waals surface area (Å²) >= 11 is 0. The Bertz CT molecular complexity index is 1100. The first kappa shape index (κ1) is 19.8. The van der Waals surface area contributed by atoms with Crippen LogP contribution in [0.5, 0.6) is 11.5 Å². The van der Waals surface area contributed by atoms with E-state index < -0.39 is 0 Å². The van der Waals surface area contributed by atoms with E-state index in [4.69, 9.17) is 9.47 Å². The predicted octanol–water partition coefficient (Wildman–Crippen LogP) is 3.62. The molecule has 30 heavy (non-hydrogen) atoms. The van der Waals surface area contributed by atoms with E-state index in [2.05, 4.69) is 6.07 Å². The number of carbonyl (C=O) groups excluding carboxylic acids is 2. The number of benzene rings is 3. The molecule has 0 saturated carbocycles. The summed E-state index contributed by atoms with van der Waals surface area (Å²) < 4.78 is 10.9. The third-order valence-electron chi connectivity index (χ3n) is 5.28. The second-order valence-corrected chi connectivity index (χ2v) is 7.34. The number of carbonyl (C=O) groups is 2. The van der Waals surface area contributed by atoms with Crippen LogP contribution in [-0.4, -0.2) is 44.0 Å². The van der Waals surface area contributed by atoms with E-state index in [0.717, 1.165) is 22.1 Å². The lowest BCUT2D eigenvalue weighted by Crippen LogP contribution is -2.41. The second-order valence-electron chi connectivity index (χ2n) is 7.34. The number of anilines is 1. The van der Waals surface area contributed by atoms with Crippen LogP contribution in [0.15, 0.2) is 60.7 Å². The molecular formula is C24H24N2O4. The van der Waals surface area contributed by atoms with Gasteiger partial charge in [-0.3, -0.25) is 14.5 Å². The van der Waals surface area contributed by atoms with Crippen LogP contribution in [0.25, 0.3) is 10.8 Å². The number of likely N-dealkylation sites (N-methyl/N-ethyl adjacent to an activating group) is 1. The average molecular weight is 404 g/mol. The normalized spacial score (nSPS) is 13.4. The number of para-hydroxylation sites is 2.